The number of piperidine rings is 1. The molecule has 0 aliphatic carbocycles. The predicted molar refractivity (Wildman–Crippen MR) is 82.9 cm³/mol. The first-order chi connectivity index (χ1) is 9.45. The van der Waals surface area contributed by atoms with Crippen LogP contribution in [-0.2, 0) is 14.4 Å². The van der Waals surface area contributed by atoms with Gasteiger partial charge < -0.3 is 4.90 Å². The molecule has 2 aliphatic rings. The van der Waals surface area contributed by atoms with Crippen LogP contribution in [0.25, 0.3) is 0 Å². The molecule has 6 heteroatoms. The molecule has 1 N–H and O–H groups in total. The number of halogens is 1. The van der Waals surface area contributed by atoms with Crippen molar-refractivity contribution >= 4 is 40.3 Å². The van der Waals surface area contributed by atoms with Gasteiger partial charge in [-0.3, -0.25) is 19.7 Å². The van der Waals surface area contributed by atoms with E-state index in [2.05, 4.69) is 34.5 Å². The van der Waals surface area contributed by atoms with Crippen molar-refractivity contribution in [1.29, 1.82) is 0 Å². The molecule has 1 saturated heterocycles. The monoisotopic (exact) mass is 386 g/mol. The maximum absolute atomic E-state index is 12.3. The number of allylic oxidation sites excluding steroid dienone is 2. The van der Waals surface area contributed by atoms with E-state index in [1.54, 1.807) is 17.9 Å². The molecular weight excluding hydrogens is 371 g/mol. The average molecular weight is 386 g/mol. The molecule has 0 aromatic carbocycles. The van der Waals surface area contributed by atoms with Crippen LogP contribution in [0.4, 0.5) is 0 Å². The van der Waals surface area contributed by atoms with Gasteiger partial charge in [0.05, 0.1) is 0 Å². The van der Waals surface area contributed by atoms with Crippen molar-refractivity contribution in [3.63, 3.8) is 0 Å². The van der Waals surface area contributed by atoms with E-state index < -0.39 is 6.04 Å². The Hall–Kier alpha value is -1.44. The fourth-order valence-electron chi connectivity index (χ4n) is 2.40. The minimum absolute atomic E-state index is 0.138. The largest absolute Gasteiger partial charge is 0.322 e. The van der Waals surface area contributed by atoms with Crippen molar-refractivity contribution in [3.05, 3.63) is 33.5 Å². The van der Waals surface area contributed by atoms with Crippen molar-refractivity contribution in [2.75, 3.05) is 6.54 Å². The summed E-state index contributed by atoms with van der Waals surface area (Å²) in [6.07, 6.45) is 4.16. The minimum Gasteiger partial charge on any atom is -0.322 e. The molecule has 0 saturated carbocycles. The third-order valence-corrected chi connectivity index (χ3v) is 4.51. The number of imide groups is 1. The molecule has 0 radical (unpaired) electrons. The van der Waals surface area contributed by atoms with E-state index >= 15 is 0 Å². The Labute approximate surface area is 130 Å². The fourth-order valence-corrected chi connectivity index (χ4v) is 3.22. The maximum Gasteiger partial charge on any atom is 0.250 e. The molecule has 2 heterocycles. The van der Waals surface area contributed by atoms with E-state index in [0.717, 1.165) is 9.15 Å². The lowest BCUT2D eigenvalue weighted by molar-refractivity contribution is -0.142. The van der Waals surface area contributed by atoms with Gasteiger partial charge in [-0.1, -0.05) is 12.7 Å². The van der Waals surface area contributed by atoms with Gasteiger partial charge in [0.2, 0.25) is 11.8 Å². The first-order valence-electron chi connectivity index (χ1n) is 6.28. The van der Waals surface area contributed by atoms with Gasteiger partial charge in [0.25, 0.3) is 5.91 Å². The molecule has 0 spiro atoms. The van der Waals surface area contributed by atoms with E-state index in [4.69, 9.17) is 0 Å². The average Bonchev–Trinajstić information content (AvgIpc) is 2.67. The first-order valence-corrected chi connectivity index (χ1v) is 7.36. The molecule has 1 unspecified atom stereocenters. The molecule has 0 bridgehead atoms. The van der Waals surface area contributed by atoms with Crippen LogP contribution in [-0.4, -0.2) is 35.2 Å². The van der Waals surface area contributed by atoms with Crippen LogP contribution >= 0.6 is 22.6 Å². The Balaban J connectivity index is 2.21. The lowest BCUT2D eigenvalue weighted by Crippen LogP contribution is -2.53. The Kier molecular flexibility index (Phi) is 4.42. The lowest BCUT2D eigenvalue weighted by atomic mass is 10.0. The third kappa shape index (κ3) is 2.70. The zero-order valence-corrected chi connectivity index (χ0v) is 13.3. The quantitative estimate of drug-likeness (QED) is 0.454. The SMILES string of the molecule is C=C/C=C(/I)C1=C(C)C(=O)N(C2CCC(=O)NC2=O)C1. The van der Waals surface area contributed by atoms with Crippen molar-refractivity contribution in [1.82, 2.24) is 10.2 Å². The van der Waals surface area contributed by atoms with E-state index in [1.165, 1.54) is 0 Å². The normalized spacial score (nSPS) is 24.3. The molecule has 0 aromatic heterocycles. The highest BCUT2D eigenvalue weighted by Gasteiger charge is 2.39. The van der Waals surface area contributed by atoms with Crippen LogP contribution in [0.15, 0.2) is 33.5 Å². The number of nitrogens with one attached hydrogen (secondary N) is 1. The number of hydrogen-bond acceptors (Lipinski definition) is 3. The smallest absolute Gasteiger partial charge is 0.250 e. The van der Waals surface area contributed by atoms with Gasteiger partial charge in [-0.05, 0) is 47.6 Å². The summed E-state index contributed by atoms with van der Waals surface area (Å²) in [4.78, 5) is 36.9. The van der Waals surface area contributed by atoms with Crippen LogP contribution < -0.4 is 5.32 Å². The second-order valence-corrected chi connectivity index (χ2v) is 5.92. The molecule has 106 valence electrons. The van der Waals surface area contributed by atoms with Gasteiger partial charge in [-0.2, -0.15) is 0 Å². The summed E-state index contributed by atoms with van der Waals surface area (Å²) in [6.45, 7) is 5.81. The highest BCUT2D eigenvalue weighted by molar-refractivity contribution is 14.1. The first kappa shape index (κ1) is 15.0. The predicted octanol–water partition coefficient (Wildman–Crippen LogP) is 1.46. The summed E-state index contributed by atoms with van der Waals surface area (Å²) in [5.41, 5.74) is 1.57. The summed E-state index contributed by atoms with van der Waals surface area (Å²) in [6, 6.07) is -0.555. The number of carbonyl (C=O) groups is 3. The van der Waals surface area contributed by atoms with E-state index in [1.807, 2.05) is 6.08 Å². The number of carbonyl (C=O) groups excluding carboxylic acids is 3. The topological polar surface area (TPSA) is 66.5 Å². The van der Waals surface area contributed by atoms with Crippen LogP contribution in [0.3, 0.4) is 0 Å². The van der Waals surface area contributed by atoms with Gasteiger partial charge >= 0.3 is 0 Å². The van der Waals surface area contributed by atoms with E-state index in [0.29, 0.717) is 18.5 Å². The van der Waals surface area contributed by atoms with Gasteiger partial charge in [-0.15, -0.1) is 0 Å². The maximum atomic E-state index is 12.3. The second-order valence-electron chi connectivity index (χ2n) is 4.75. The summed E-state index contributed by atoms with van der Waals surface area (Å²) < 4.78 is 0.943. The van der Waals surface area contributed by atoms with Crippen molar-refractivity contribution in [3.8, 4) is 0 Å². The van der Waals surface area contributed by atoms with Crippen LogP contribution in [0, 0.1) is 0 Å². The van der Waals surface area contributed by atoms with E-state index in [-0.39, 0.29) is 24.1 Å². The van der Waals surface area contributed by atoms with Crippen molar-refractivity contribution < 1.29 is 14.4 Å². The summed E-state index contributed by atoms with van der Waals surface area (Å²) in [5, 5.41) is 2.29. The summed E-state index contributed by atoms with van der Waals surface area (Å²) in [5.74, 6) is -0.795. The number of hydrogen-bond donors (Lipinski definition) is 1. The molecule has 20 heavy (non-hydrogen) atoms. The molecule has 2 aliphatic heterocycles. The zero-order chi connectivity index (χ0) is 14.9. The molecule has 2 rings (SSSR count). The molecule has 1 fully saturated rings. The molecule has 3 amide bonds. The van der Waals surface area contributed by atoms with Gasteiger partial charge in [0.15, 0.2) is 0 Å². The third-order valence-electron chi connectivity index (χ3n) is 3.50. The Bertz CT molecular complexity index is 563. The van der Waals surface area contributed by atoms with Gasteiger partial charge in [0.1, 0.15) is 6.04 Å². The molecule has 1 atom stereocenters. The van der Waals surface area contributed by atoms with Gasteiger partial charge in [0, 0.05) is 22.1 Å². The Morgan fingerprint density at radius 1 is 1.45 bits per heavy atom. The highest BCUT2D eigenvalue weighted by atomic mass is 127. The zero-order valence-electron chi connectivity index (χ0n) is 11.1. The minimum atomic E-state index is -0.555. The van der Waals surface area contributed by atoms with Crippen LogP contribution in [0.1, 0.15) is 19.8 Å². The number of rotatable bonds is 3. The van der Waals surface area contributed by atoms with Gasteiger partial charge in [-0.25, -0.2) is 0 Å². The Morgan fingerprint density at radius 3 is 2.75 bits per heavy atom. The van der Waals surface area contributed by atoms with Crippen molar-refractivity contribution in [2.24, 2.45) is 0 Å². The molecule has 0 aromatic rings. The standard InChI is InChI=1S/C14H15IN2O3/c1-3-4-10(15)9-7-17(14(20)8(9)2)11-5-6-12(18)16-13(11)19/h3-4,11H,1,5-7H2,2H3,(H,16,18,19)/b10-4+. The second kappa shape index (κ2) is 5.90. The molecular formula is C14H15IN2O3. The highest BCUT2D eigenvalue weighted by Crippen LogP contribution is 2.31. The summed E-state index contributed by atoms with van der Waals surface area (Å²) >= 11 is 2.16. The Morgan fingerprint density at radius 2 is 2.15 bits per heavy atom. The van der Waals surface area contributed by atoms with Crippen LogP contribution in [0.2, 0.25) is 0 Å². The number of nitrogens with zero attached hydrogens (tertiary/aromatic N) is 1. The lowest BCUT2D eigenvalue weighted by Gasteiger charge is -2.29. The fraction of sp³-hybridized carbons (Fsp3) is 0.357. The molecule has 5 nitrogen and oxygen atoms in total. The van der Waals surface area contributed by atoms with Crippen LogP contribution in [0.5, 0.6) is 0 Å². The van der Waals surface area contributed by atoms with Crippen molar-refractivity contribution in [2.45, 2.75) is 25.8 Å². The number of amides is 3. The summed E-state index contributed by atoms with van der Waals surface area (Å²) in [7, 11) is 0. The van der Waals surface area contributed by atoms with E-state index in [9.17, 15) is 14.4 Å².